The van der Waals surface area contributed by atoms with E-state index < -0.39 is 0 Å². The first-order valence-corrected chi connectivity index (χ1v) is 7.51. The van der Waals surface area contributed by atoms with Gasteiger partial charge in [0.2, 0.25) is 5.91 Å². The predicted octanol–water partition coefficient (Wildman–Crippen LogP) is 3.59. The lowest BCUT2D eigenvalue weighted by molar-refractivity contribution is -0.120. The van der Waals surface area contributed by atoms with Gasteiger partial charge in [-0.25, -0.2) is 0 Å². The molecule has 2 rings (SSSR count). The third-order valence-corrected chi connectivity index (χ3v) is 3.53. The Kier molecular flexibility index (Phi) is 5.56. The number of rotatable bonds is 6. The lowest BCUT2D eigenvalue weighted by Crippen LogP contribution is -2.26. The van der Waals surface area contributed by atoms with E-state index in [4.69, 9.17) is 0 Å². The van der Waals surface area contributed by atoms with Gasteiger partial charge < -0.3 is 5.32 Å². The van der Waals surface area contributed by atoms with Gasteiger partial charge in [0.1, 0.15) is 0 Å². The smallest absolute Gasteiger partial charge is 0.224 e. The van der Waals surface area contributed by atoms with Crippen molar-refractivity contribution in [2.75, 3.05) is 6.54 Å². The van der Waals surface area contributed by atoms with Gasteiger partial charge in [0.05, 0.1) is 6.42 Å². The van der Waals surface area contributed by atoms with E-state index in [0.29, 0.717) is 6.42 Å². The minimum atomic E-state index is 0.100. The quantitative estimate of drug-likeness (QED) is 0.805. The summed E-state index contributed by atoms with van der Waals surface area (Å²) < 4.78 is 0. The largest absolute Gasteiger partial charge is 0.356 e. The molecule has 0 saturated heterocycles. The lowest BCUT2D eigenvalue weighted by Gasteiger charge is -2.06. The lowest BCUT2D eigenvalue weighted by atomic mass is 10.1. The molecule has 1 N–H and O–H groups in total. The molecule has 2 aromatic carbocycles. The molecule has 21 heavy (non-hydrogen) atoms. The van der Waals surface area contributed by atoms with Crippen LogP contribution in [-0.2, 0) is 17.6 Å². The first-order valence-electron chi connectivity index (χ1n) is 7.51. The second kappa shape index (κ2) is 7.63. The molecule has 0 bridgehead atoms. The van der Waals surface area contributed by atoms with Crippen LogP contribution >= 0.6 is 0 Å². The fraction of sp³-hybridized carbons (Fsp3) is 0.316. The molecule has 0 fully saturated rings. The molecule has 0 aliphatic rings. The zero-order valence-electron chi connectivity index (χ0n) is 12.9. The molecule has 1 amide bonds. The molecule has 0 aromatic heterocycles. The summed E-state index contributed by atoms with van der Waals surface area (Å²) in [6.45, 7) is 4.89. The van der Waals surface area contributed by atoms with Crippen LogP contribution in [-0.4, -0.2) is 12.5 Å². The van der Waals surface area contributed by atoms with Crippen molar-refractivity contribution in [3.05, 3.63) is 70.8 Å². The molecular formula is C19H23NO. The van der Waals surface area contributed by atoms with Crippen LogP contribution in [0.25, 0.3) is 0 Å². The van der Waals surface area contributed by atoms with Crippen LogP contribution in [0.4, 0.5) is 0 Å². The highest BCUT2D eigenvalue weighted by molar-refractivity contribution is 5.78. The standard InChI is InChI=1S/C19H23NO/c1-15-8-10-18(11-9-15)14-19(21)20-12-4-7-17-6-3-5-16(2)13-17/h3,5-6,8-11,13H,4,7,12,14H2,1-2H3,(H,20,21). The molecule has 2 nitrogen and oxygen atoms in total. The van der Waals surface area contributed by atoms with Crippen LogP contribution in [0.5, 0.6) is 0 Å². The van der Waals surface area contributed by atoms with Crippen molar-refractivity contribution in [2.24, 2.45) is 0 Å². The molecule has 0 heterocycles. The van der Waals surface area contributed by atoms with Gasteiger partial charge in [0.25, 0.3) is 0 Å². The summed E-state index contributed by atoms with van der Waals surface area (Å²) in [6, 6.07) is 16.6. The zero-order chi connectivity index (χ0) is 15.1. The summed E-state index contributed by atoms with van der Waals surface area (Å²) in [5.41, 5.74) is 4.91. The molecule has 0 radical (unpaired) electrons. The topological polar surface area (TPSA) is 29.1 Å². The summed E-state index contributed by atoms with van der Waals surface area (Å²) in [5.74, 6) is 0.100. The minimum absolute atomic E-state index is 0.100. The molecule has 110 valence electrons. The summed E-state index contributed by atoms with van der Waals surface area (Å²) in [5, 5.41) is 2.99. The van der Waals surface area contributed by atoms with Gasteiger partial charge >= 0.3 is 0 Å². The number of aryl methyl sites for hydroxylation is 3. The van der Waals surface area contributed by atoms with E-state index in [-0.39, 0.29) is 5.91 Å². The zero-order valence-corrected chi connectivity index (χ0v) is 12.9. The van der Waals surface area contributed by atoms with Gasteiger partial charge in [0, 0.05) is 6.54 Å². The molecule has 0 spiro atoms. The fourth-order valence-electron chi connectivity index (χ4n) is 2.34. The SMILES string of the molecule is Cc1ccc(CC(=O)NCCCc2cccc(C)c2)cc1. The molecule has 0 unspecified atom stereocenters. The van der Waals surface area contributed by atoms with Crippen LogP contribution in [0.2, 0.25) is 0 Å². The Morgan fingerprint density at radius 3 is 2.43 bits per heavy atom. The Balaban J connectivity index is 1.68. The van der Waals surface area contributed by atoms with Crippen LogP contribution < -0.4 is 5.32 Å². The van der Waals surface area contributed by atoms with Gasteiger partial charge in [-0.05, 0) is 37.8 Å². The third-order valence-electron chi connectivity index (χ3n) is 3.53. The van der Waals surface area contributed by atoms with Gasteiger partial charge in [0.15, 0.2) is 0 Å². The Labute approximate surface area is 127 Å². The Hall–Kier alpha value is -2.09. The minimum Gasteiger partial charge on any atom is -0.356 e. The molecule has 2 heteroatoms. The van der Waals surface area contributed by atoms with Crippen molar-refractivity contribution in [3.63, 3.8) is 0 Å². The number of carbonyl (C=O) groups is 1. The summed E-state index contributed by atoms with van der Waals surface area (Å²) in [7, 11) is 0. The van der Waals surface area contributed by atoms with Crippen LogP contribution in [0, 0.1) is 13.8 Å². The van der Waals surface area contributed by atoms with Crippen LogP contribution in [0.1, 0.15) is 28.7 Å². The first-order chi connectivity index (χ1) is 10.1. The Morgan fingerprint density at radius 1 is 0.952 bits per heavy atom. The van der Waals surface area contributed by atoms with Crippen molar-refractivity contribution < 1.29 is 4.79 Å². The normalized spacial score (nSPS) is 10.4. The third kappa shape index (κ3) is 5.42. The van der Waals surface area contributed by atoms with E-state index in [1.165, 1.54) is 16.7 Å². The van der Waals surface area contributed by atoms with Crippen molar-refractivity contribution in [1.82, 2.24) is 5.32 Å². The number of benzene rings is 2. The fourth-order valence-corrected chi connectivity index (χ4v) is 2.34. The van der Waals surface area contributed by atoms with Gasteiger partial charge in [-0.3, -0.25) is 4.79 Å². The predicted molar refractivity (Wildman–Crippen MR) is 87.4 cm³/mol. The van der Waals surface area contributed by atoms with Gasteiger partial charge in [-0.15, -0.1) is 0 Å². The highest BCUT2D eigenvalue weighted by Crippen LogP contribution is 2.06. The number of amides is 1. The molecule has 0 saturated carbocycles. The molecule has 0 atom stereocenters. The van der Waals surface area contributed by atoms with Crippen molar-refractivity contribution in [1.29, 1.82) is 0 Å². The van der Waals surface area contributed by atoms with Crippen molar-refractivity contribution >= 4 is 5.91 Å². The van der Waals surface area contributed by atoms with Crippen LogP contribution in [0.15, 0.2) is 48.5 Å². The molecule has 0 aliphatic carbocycles. The average molecular weight is 281 g/mol. The van der Waals surface area contributed by atoms with Crippen LogP contribution in [0.3, 0.4) is 0 Å². The van der Waals surface area contributed by atoms with E-state index in [9.17, 15) is 4.79 Å². The monoisotopic (exact) mass is 281 g/mol. The average Bonchev–Trinajstić information content (AvgIpc) is 2.46. The van der Waals surface area contributed by atoms with Crippen molar-refractivity contribution in [2.45, 2.75) is 33.1 Å². The Morgan fingerprint density at radius 2 is 1.71 bits per heavy atom. The number of carbonyl (C=O) groups excluding carboxylic acids is 1. The highest BCUT2D eigenvalue weighted by Gasteiger charge is 2.02. The van der Waals surface area contributed by atoms with E-state index in [2.05, 4.69) is 43.4 Å². The second-order valence-electron chi connectivity index (χ2n) is 5.60. The molecule has 2 aromatic rings. The summed E-state index contributed by atoms with van der Waals surface area (Å²) >= 11 is 0. The molecule has 0 aliphatic heterocycles. The van der Waals surface area contributed by atoms with E-state index in [1.54, 1.807) is 0 Å². The number of nitrogens with one attached hydrogen (secondary N) is 1. The first kappa shape index (κ1) is 15.3. The summed E-state index contributed by atoms with van der Waals surface area (Å²) in [4.78, 5) is 11.9. The highest BCUT2D eigenvalue weighted by atomic mass is 16.1. The van der Waals surface area contributed by atoms with Crippen molar-refractivity contribution in [3.8, 4) is 0 Å². The maximum atomic E-state index is 11.9. The number of hydrogen-bond donors (Lipinski definition) is 1. The Bertz CT molecular complexity index is 587. The maximum Gasteiger partial charge on any atom is 0.224 e. The van der Waals surface area contributed by atoms with E-state index in [1.807, 2.05) is 24.3 Å². The summed E-state index contributed by atoms with van der Waals surface area (Å²) in [6.07, 6.45) is 2.44. The van der Waals surface area contributed by atoms with Gasteiger partial charge in [-0.2, -0.15) is 0 Å². The van der Waals surface area contributed by atoms with E-state index >= 15 is 0 Å². The number of hydrogen-bond acceptors (Lipinski definition) is 1. The second-order valence-corrected chi connectivity index (χ2v) is 5.60. The maximum absolute atomic E-state index is 11.9. The van der Waals surface area contributed by atoms with Gasteiger partial charge in [-0.1, -0.05) is 59.7 Å². The molecular weight excluding hydrogens is 258 g/mol. The van der Waals surface area contributed by atoms with E-state index in [0.717, 1.165) is 24.9 Å².